The van der Waals surface area contributed by atoms with Crippen molar-refractivity contribution < 1.29 is 0 Å². The molecule has 1 aliphatic heterocycles. The van der Waals surface area contributed by atoms with E-state index in [9.17, 15) is 0 Å². The molecule has 0 aromatic heterocycles. The van der Waals surface area contributed by atoms with E-state index in [-0.39, 0.29) is 5.84 Å². The van der Waals surface area contributed by atoms with Crippen molar-refractivity contribution in [3.63, 3.8) is 0 Å². The summed E-state index contributed by atoms with van der Waals surface area (Å²) < 4.78 is 0. The van der Waals surface area contributed by atoms with Crippen LogP contribution in [0.15, 0.2) is 18.2 Å². The van der Waals surface area contributed by atoms with E-state index in [0.717, 1.165) is 23.2 Å². The van der Waals surface area contributed by atoms with Gasteiger partial charge < -0.3 is 10.6 Å². The first-order chi connectivity index (χ1) is 9.66. The van der Waals surface area contributed by atoms with Crippen LogP contribution >= 0.6 is 11.6 Å². The van der Waals surface area contributed by atoms with Crippen molar-refractivity contribution in [1.29, 1.82) is 5.41 Å². The minimum absolute atomic E-state index is 0.0765. The number of benzene rings is 1. The molecule has 1 aromatic carbocycles. The first-order valence-corrected chi connectivity index (χ1v) is 7.95. The number of hydrogen-bond acceptors (Lipinski definition) is 2. The fourth-order valence-corrected chi connectivity index (χ4v) is 4.12. The first-order valence-electron chi connectivity index (χ1n) is 7.57. The summed E-state index contributed by atoms with van der Waals surface area (Å²) in [5.74, 6) is 0.911. The molecule has 0 spiro atoms. The molecule has 0 radical (unpaired) electrons. The van der Waals surface area contributed by atoms with Crippen LogP contribution in [0.1, 0.15) is 44.1 Å². The van der Waals surface area contributed by atoms with Crippen LogP contribution in [0.5, 0.6) is 0 Å². The second-order valence-corrected chi connectivity index (χ2v) is 6.43. The van der Waals surface area contributed by atoms with Crippen molar-refractivity contribution in [2.75, 3.05) is 11.4 Å². The maximum Gasteiger partial charge on any atom is 0.122 e. The average Bonchev–Trinajstić information content (AvgIpc) is 2.46. The number of nitrogens with zero attached hydrogens (tertiary/aromatic N) is 1. The average molecular weight is 292 g/mol. The molecular formula is C16H22ClN3. The molecule has 1 aliphatic carbocycles. The van der Waals surface area contributed by atoms with Crippen molar-refractivity contribution in [3.05, 3.63) is 28.8 Å². The van der Waals surface area contributed by atoms with E-state index in [1.807, 2.05) is 18.2 Å². The third-order valence-corrected chi connectivity index (χ3v) is 5.11. The minimum atomic E-state index is 0.0765. The molecule has 1 aromatic rings. The van der Waals surface area contributed by atoms with Crippen LogP contribution in [-0.4, -0.2) is 18.4 Å². The van der Waals surface area contributed by atoms with Crippen LogP contribution < -0.4 is 10.6 Å². The number of amidine groups is 1. The van der Waals surface area contributed by atoms with E-state index in [1.165, 1.54) is 38.5 Å². The van der Waals surface area contributed by atoms with Crippen LogP contribution in [0.4, 0.5) is 5.69 Å². The first kappa shape index (κ1) is 13.7. The van der Waals surface area contributed by atoms with Gasteiger partial charge >= 0.3 is 0 Å². The Morgan fingerprint density at radius 3 is 2.70 bits per heavy atom. The number of nitrogens with two attached hydrogens (primary N) is 1. The summed E-state index contributed by atoms with van der Waals surface area (Å²) >= 11 is 6.44. The van der Waals surface area contributed by atoms with E-state index < -0.39 is 0 Å². The lowest BCUT2D eigenvalue weighted by molar-refractivity contribution is 0.244. The fraction of sp³-hybridized carbons (Fsp3) is 0.562. The van der Waals surface area contributed by atoms with Gasteiger partial charge in [0, 0.05) is 18.2 Å². The van der Waals surface area contributed by atoms with Gasteiger partial charge in [-0.25, -0.2) is 0 Å². The number of piperidine rings is 1. The largest absolute Gasteiger partial charge is 0.384 e. The standard InChI is InChI=1S/C16H22ClN3/c17-13-10-12(16(18)19)7-8-15(13)20-9-3-5-11-4-1-2-6-14(11)20/h7-8,10-11,14H,1-6,9H2,(H3,18,19). The van der Waals surface area contributed by atoms with Gasteiger partial charge in [-0.05, 0) is 49.8 Å². The molecule has 2 aliphatic rings. The Balaban J connectivity index is 1.89. The van der Waals surface area contributed by atoms with Gasteiger partial charge in [0.2, 0.25) is 0 Å². The highest BCUT2D eigenvalue weighted by molar-refractivity contribution is 6.33. The van der Waals surface area contributed by atoms with E-state index in [4.69, 9.17) is 22.7 Å². The third kappa shape index (κ3) is 2.51. The van der Waals surface area contributed by atoms with E-state index in [2.05, 4.69) is 4.90 Å². The molecule has 1 saturated carbocycles. The maximum atomic E-state index is 7.50. The third-order valence-electron chi connectivity index (χ3n) is 4.81. The van der Waals surface area contributed by atoms with Crippen molar-refractivity contribution in [2.24, 2.45) is 11.7 Å². The maximum absolute atomic E-state index is 7.50. The highest BCUT2D eigenvalue weighted by Crippen LogP contribution is 2.40. The number of hydrogen-bond donors (Lipinski definition) is 2. The summed E-state index contributed by atoms with van der Waals surface area (Å²) in [5.41, 5.74) is 7.35. The molecule has 0 bridgehead atoms. The minimum Gasteiger partial charge on any atom is -0.384 e. The lowest BCUT2D eigenvalue weighted by Gasteiger charge is -2.45. The number of nitrogen functional groups attached to an aromatic ring is 1. The second-order valence-electron chi connectivity index (χ2n) is 6.03. The molecule has 1 saturated heterocycles. The van der Waals surface area contributed by atoms with Crippen molar-refractivity contribution in [3.8, 4) is 0 Å². The Morgan fingerprint density at radius 2 is 1.95 bits per heavy atom. The summed E-state index contributed by atoms with van der Waals surface area (Å²) in [6, 6.07) is 6.43. The lowest BCUT2D eigenvalue weighted by Crippen LogP contribution is -2.47. The zero-order chi connectivity index (χ0) is 14.1. The lowest BCUT2D eigenvalue weighted by atomic mass is 9.78. The van der Waals surface area contributed by atoms with Gasteiger partial charge in [0.1, 0.15) is 5.84 Å². The van der Waals surface area contributed by atoms with Crippen LogP contribution in [0.3, 0.4) is 0 Å². The Kier molecular flexibility index (Phi) is 3.88. The van der Waals surface area contributed by atoms with Crippen molar-refractivity contribution in [1.82, 2.24) is 0 Å². The smallest absolute Gasteiger partial charge is 0.122 e. The monoisotopic (exact) mass is 291 g/mol. The topological polar surface area (TPSA) is 53.1 Å². The van der Waals surface area contributed by atoms with Crippen molar-refractivity contribution >= 4 is 23.1 Å². The Labute approximate surface area is 125 Å². The summed E-state index contributed by atoms with van der Waals surface area (Å²) in [6.45, 7) is 1.10. The molecule has 2 atom stereocenters. The Hall–Kier alpha value is -1.22. The van der Waals surface area contributed by atoms with E-state index in [1.54, 1.807) is 0 Å². The summed E-state index contributed by atoms with van der Waals surface area (Å²) in [5, 5.41) is 8.23. The highest BCUT2D eigenvalue weighted by Gasteiger charge is 2.33. The van der Waals surface area contributed by atoms with Gasteiger partial charge in [0.15, 0.2) is 0 Å². The number of rotatable bonds is 2. The molecule has 3 nitrogen and oxygen atoms in total. The van der Waals surface area contributed by atoms with Gasteiger partial charge in [-0.15, -0.1) is 0 Å². The number of halogens is 1. The summed E-state index contributed by atoms with van der Waals surface area (Å²) in [6.07, 6.45) is 7.99. The number of fused-ring (bicyclic) bond motifs is 1. The van der Waals surface area contributed by atoms with Crippen LogP contribution in [0, 0.1) is 11.3 Å². The van der Waals surface area contributed by atoms with Crippen LogP contribution in [-0.2, 0) is 0 Å². The predicted molar refractivity (Wildman–Crippen MR) is 84.8 cm³/mol. The normalized spacial score (nSPS) is 26.1. The molecule has 20 heavy (non-hydrogen) atoms. The Bertz CT molecular complexity index is 512. The quantitative estimate of drug-likeness (QED) is 0.643. The van der Waals surface area contributed by atoms with Gasteiger partial charge in [-0.2, -0.15) is 0 Å². The fourth-order valence-electron chi connectivity index (χ4n) is 3.83. The van der Waals surface area contributed by atoms with Crippen LogP contribution in [0.2, 0.25) is 5.02 Å². The molecule has 3 rings (SSSR count). The SMILES string of the molecule is N=C(N)c1ccc(N2CCCC3CCCCC32)c(Cl)c1. The summed E-state index contributed by atoms with van der Waals surface area (Å²) in [7, 11) is 0. The van der Waals surface area contributed by atoms with Crippen molar-refractivity contribution in [2.45, 2.75) is 44.6 Å². The van der Waals surface area contributed by atoms with Gasteiger partial charge in [-0.3, -0.25) is 5.41 Å². The second kappa shape index (κ2) is 5.65. The van der Waals surface area contributed by atoms with Gasteiger partial charge in [0.25, 0.3) is 0 Å². The Morgan fingerprint density at radius 1 is 1.20 bits per heavy atom. The molecule has 108 valence electrons. The molecule has 2 fully saturated rings. The summed E-state index contributed by atoms with van der Waals surface area (Å²) in [4.78, 5) is 2.50. The number of nitrogens with one attached hydrogen (secondary N) is 1. The molecule has 1 heterocycles. The molecule has 0 amide bonds. The predicted octanol–water partition coefficient (Wildman–Crippen LogP) is 3.78. The number of anilines is 1. The van der Waals surface area contributed by atoms with E-state index in [0.29, 0.717) is 11.6 Å². The van der Waals surface area contributed by atoms with Crippen LogP contribution in [0.25, 0.3) is 0 Å². The zero-order valence-electron chi connectivity index (χ0n) is 11.7. The zero-order valence-corrected chi connectivity index (χ0v) is 12.5. The molecule has 3 N–H and O–H groups in total. The van der Waals surface area contributed by atoms with E-state index >= 15 is 0 Å². The van der Waals surface area contributed by atoms with Gasteiger partial charge in [-0.1, -0.05) is 24.4 Å². The highest BCUT2D eigenvalue weighted by atomic mass is 35.5. The molecule has 2 unspecified atom stereocenters. The van der Waals surface area contributed by atoms with Gasteiger partial charge in [0.05, 0.1) is 10.7 Å². The molecular weight excluding hydrogens is 270 g/mol. The molecule has 4 heteroatoms.